The number of allylic oxidation sites excluding steroid dienone is 1. The van der Waals surface area contributed by atoms with Gasteiger partial charge in [-0.15, -0.1) is 0 Å². The molecule has 1 aromatic rings. The third kappa shape index (κ3) is 1.59. The molecule has 1 aliphatic heterocycles. The number of hydrogen-bond donors (Lipinski definition) is 1. The quantitative estimate of drug-likeness (QED) is 0.814. The average molecular weight is 212 g/mol. The van der Waals surface area contributed by atoms with E-state index in [1.165, 1.54) is 24.1 Å². The third-order valence-corrected chi connectivity index (χ3v) is 3.68. The molecule has 2 atom stereocenters. The van der Waals surface area contributed by atoms with E-state index in [-0.39, 0.29) is 0 Å². The Labute approximate surface area is 96.1 Å². The van der Waals surface area contributed by atoms with E-state index in [0.29, 0.717) is 6.04 Å². The molecule has 0 spiro atoms. The summed E-state index contributed by atoms with van der Waals surface area (Å²) in [5, 5.41) is 3.49. The molecule has 0 radical (unpaired) electrons. The number of nitrogens with one attached hydrogen (secondary N) is 1. The molecule has 16 heavy (non-hydrogen) atoms. The van der Waals surface area contributed by atoms with E-state index in [1.54, 1.807) is 0 Å². The van der Waals surface area contributed by atoms with E-state index in [1.807, 2.05) is 18.5 Å². The summed E-state index contributed by atoms with van der Waals surface area (Å²) in [6.45, 7) is 4.98. The first-order valence-corrected chi connectivity index (χ1v) is 5.87. The van der Waals surface area contributed by atoms with Crippen molar-refractivity contribution in [2.75, 3.05) is 6.54 Å². The summed E-state index contributed by atoms with van der Waals surface area (Å²) in [5.41, 5.74) is 3.79. The van der Waals surface area contributed by atoms with Gasteiger partial charge in [-0.1, -0.05) is 18.7 Å². The van der Waals surface area contributed by atoms with Crippen molar-refractivity contribution in [2.24, 2.45) is 5.92 Å². The molecular formula is C14H16N2. The Hall–Kier alpha value is -1.41. The maximum atomic E-state index is 4.26. The Kier molecular flexibility index (Phi) is 2.37. The Bertz CT molecular complexity index is 448. The molecule has 0 bridgehead atoms. The molecule has 1 aromatic heterocycles. The topological polar surface area (TPSA) is 24.9 Å². The molecule has 2 heteroatoms. The van der Waals surface area contributed by atoms with Gasteiger partial charge in [-0.25, -0.2) is 0 Å². The first-order valence-electron chi connectivity index (χ1n) is 5.87. The monoisotopic (exact) mass is 212 g/mol. The van der Waals surface area contributed by atoms with Crippen molar-refractivity contribution in [2.45, 2.75) is 18.9 Å². The first-order chi connectivity index (χ1) is 7.86. The second-order valence-electron chi connectivity index (χ2n) is 4.66. The smallest absolute Gasteiger partial charge is 0.0343 e. The van der Waals surface area contributed by atoms with Crippen LogP contribution in [0.5, 0.6) is 0 Å². The Morgan fingerprint density at radius 3 is 3.06 bits per heavy atom. The summed E-state index contributed by atoms with van der Waals surface area (Å²) in [4.78, 5) is 4.26. The van der Waals surface area contributed by atoms with Crippen LogP contribution in [0.25, 0.3) is 11.6 Å². The summed E-state index contributed by atoms with van der Waals surface area (Å²) in [6.07, 6.45) is 10.4. The van der Waals surface area contributed by atoms with Gasteiger partial charge in [0.25, 0.3) is 0 Å². The van der Waals surface area contributed by atoms with Crippen molar-refractivity contribution in [3.05, 3.63) is 42.2 Å². The third-order valence-electron chi connectivity index (χ3n) is 3.68. The predicted molar refractivity (Wildman–Crippen MR) is 66.8 cm³/mol. The number of pyridine rings is 1. The minimum atomic E-state index is 0.701. The van der Waals surface area contributed by atoms with Gasteiger partial charge in [-0.3, -0.25) is 4.98 Å². The normalized spacial score (nSPS) is 27.6. The van der Waals surface area contributed by atoms with Crippen LogP contribution in [0.15, 0.2) is 31.1 Å². The summed E-state index contributed by atoms with van der Waals surface area (Å²) >= 11 is 0. The van der Waals surface area contributed by atoms with Crippen LogP contribution >= 0.6 is 0 Å². The fourth-order valence-electron chi connectivity index (χ4n) is 2.53. The van der Waals surface area contributed by atoms with E-state index >= 15 is 0 Å². The van der Waals surface area contributed by atoms with Gasteiger partial charge in [0, 0.05) is 25.0 Å². The molecule has 1 aliphatic carbocycles. The van der Waals surface area contributed by atoms with Gasteiger partial charge >= 0.3 is 0 Å². The maximum absolute atomic E-state index is 4.26. The number of hydrogen-bond acceptors (Lipinski definition) is 2. The molecule has 0 saturated carbocycles. The molecule has 1 N–H and O–H groups in total. The van der Waals surface area contributed by atoms with Crippen LogP contribution in [0.3, 0.4) is 0 Å². The van der Waals surface area contributed by atoms with Crippen molar-refractivity contribution in [3.8, 4) is 0 Å². The molecule has 2 nitrogen and oxygen atoms in total. The lowest BCUT2D eigenvalue weighted by Gasteiger charge is -2.41. The lowest BCUT2D eigenvalue weighted by Crippen LogP contribution is -2.53. The van der Waals surface area contributed by atoms with Crippen LogP contribution in [0, 0.1) is 5.92 Å². The van der Waals surface area contributed by atoms with Gasteiger partial charge in [0.05, 0.1) is 0 Å². The van der Waals surface area contributed by atoms with Crippen molar-refractivity contribution in [1.29, 1.82) is 0 Å². The van der Waals surface area contributed by atoms with Crippen LogP contribution in [0.4, 0.5) is 0 Å². The molecule has 1 saturated heterocycles. The summed E-state index contributed by atoms with van der Waals surface area (Å²) in [5.74, 6) is 0.874. The standard InChI is InChI=1S/C14H16N2/c1-2-10-5-13(8-15-7-10)11-3-4-12-9-16-14(12)6-11/h2-3,5,7-8,12,14,16H,1,4,6,9H2/t12-,14-/m1/s1. The minimum absolute atomic E-state index is 0.701. The number of nitrogens with zero attached hydrogens (tertiary/aromatic N) is 1. The van der Waals surface area contributed by atoms with Gasteiger partial charge in [-0.05, 0) is 41.5 Å². The Morgan fingerprint density at radius 2 is 2.38 bits per heavy atom. The lowest BCUT2D eigenvalue weighted by atomic mass is 9.78. The average Bonchev–Trinajstić information content (AvgIpc) is 2.31. The van der Waals surface area contributed by atoms with Crippen LogP contribution in [0.2, 0.25) is 0 Å². The van der Waals surface area contributed by atoms with Crippen LogP contribution in [0.1, 0.15) is 24.0 Å². The fourth-order valence-corrected chi connectivity index (χ4v) is 2.53. The molecule has 82 valence electrons. The van der Waals surface area contributed by atoms with E-state index in [9.17, 15) is 0 Å². The summed E-state index contributed by atoms with van der Waals surface area (Å²) < 4.78 is 0. The zero-order chi connectivity index (χ0) is 11.0. The number of aromatic nitrogens is 1. The predicted octanol–water partition coefficient (Wildman–Crippen LogP) is 2.49. The zero-order valence-corrected chi connectivity index (χ0v) is 9.32. The van der Waals surface area contributed by atoms with Crippen molar-refractivity contribution >= 4 is 11.6 Å². The summed E-state index contributed by atoms with van der Waals surface area (Å²) in [7, 11) is 0. The number of fused-ring (bicyclic) bond motifs is 1. The Balaban J connectivity index is 1.88. The van der Waals surface area contributed by atoms with E-state index < -0.39 is 0 Å². The van der Waals surface area contributed by atoms with E-state index in [4.69, 9.17) is 0 Å². The van der Waals surface area contributed by atoms with Gasteiger partial charge in [0.2, 0.25) is 0 Å². The van der Waals surface area contributed by atoms with Gasteiger partial charge in [0.1, 0.15) is 0 Å². The molecule has 2 aliphatic rings. The molecular weight excluding hydrogens is 196 g/mol. The zero-order valence-electron chi connectivity index (χ0n) is 9.32. The molecule has 0 unspecified atom stereocenters. The van der Waals surface area contributed by atoms with Crippen LogP contribution < -0.4 is 5.32 Å². The Morgan fingerprint density at radius 1 is 1.44 bits per heavy atom. The van der Waals surface area contributed by atoms with Crippen molar-refractivity contribution in [3.63, 3.8) is 0 Å². The highest BCUT2D eigenvalue weighted by Crippen LogP contribution is 2.34. The molecule has 0 amide bonds. The van der Waals surface area contributed by atoms with E-state index in [2.05, 4.69) is 29.0 Å². The van der Waals surface area contributed by atoms with Gasteiger partial charge < -0.3 is 5.32 Å². The number of rotatable bonds is 2. The van der Waals surface area contributed by atoms with Crippen LogP contribution in [-0.4, -0.2) is 17.6 Å². The highest BCUT2D eigenvalue weighted by molar-refractivity contribution is 5.68. The lowest BCUT2D eigenvalue weighted by molar-refractivity contribution is 0.231. The maximum Gasteiger partial charge on any atom is 0.0343 e. The summed E-state index contributed by atoms with van der Waals surface area (Å²) in [6, 6.07) is 2.87. The fraction of sp³-hybridized carbons (Fsp3) is 0.357. The molecule has 0 aromatic carbocycles. The highest BCUT2D eigenvalue weighted by atomic mass is 15.0. The van der Waals surface area contributed by atoms with E-state index in [0.717, 1.165) is 17.9 Å². The van der Waals surface area contributed by atoms with Gasteiger partial charge in [-0.2, -0.15) is 0 Å². The second-order valence-corrected chi connectivity index (χ2v) is 4.66. The largest absolute Gasteiger partial charge is 0.313 e. The van der Waals surface area contributed by atoms with Crippen LogP contribution in [-0.2, 0) is 0 Å². The first kappa shape index (κ1) is 9.79. The molecule has 3 rings (SSSR count). The van der Waals surface area contributed by atoms with Gasteiger partial charge in [0.15, 0.2) is 0 Å². The minimum Gasteiger partial charge on any atom is -0.313 e. The van der Waals surface area contributed by atoms with Crippen molar-refractivity contribution in [1.82, 2.24) is 10.3 Å². The van der Waals surface area contributed by atoms with Crippen molar-refractivity contribution < 1.29 is 0 Å². The molecule has 1 fully saturated rings. The SMILES string of the molecule is C=Cc1cncc(C2=CC[C@@H]3CN[C@@H]3C2)c1. The molecule has 2 heterocycles. The highest BCUT2D eigenvalue weighted by Gasteiger charge is 2.32. The second kappa shape index (κ2) is 3.87.